The minimum absolute atomic E-state index is 0.194. The van der Waals surface area contributed by atoms with Gasteiger partial charge in [-0.15, -0.1) is 0 Å². The Balaban J connectivity index is 2.98. The Morgan fingerprint density at radius 2 is 2.46 bits per heavy atom. The number of esters is 1. The van der Waals surface area contributed by atoms with Gasteiger partial charge in [-0.2, -0.15) is 17.0 Å². The Bertz CT molecular complexity index is 290. The second-order valence-electron chi connectivity index (χ2n) is 2.92. The lowest BCUT2D eigenvalue weighted by Crippen LogP contribution is -2.09. The molecule has 1 saturated heterocycles. The third-order valence-corrected chi connectivity index (χ3v) is 3.29. The van der Waals surface area contributed by atoms with Crippen molar-refractivity contribution in [1.29, 1.82) is 5.26 Å². The van der Waals surface area contributed by atoms with Crippen LogP contribution in [0.25, 0.3) is 0 Å². The molecule has 1 unspecified atom stereocenters. The van der Waals surface area contributed by atoms with Crippen molar-refractivity contribution in [2.45, 2.75) is 6.92 Å². The molecule has 0 aliphatic carbocycles. The van der Waals surface area contributed by atoms with Crippen molar-refractivity contribution in [3.05, 3.63) is 11.1 Å². The van der Waals surface area contributed by atoms with E-state index >= 15 is 0 Å². The minimum atomic E-state index is -0.508. The number of carbonyl (C=O) groups excluding carboxylic acids is 1. The summed E-state index contributed by atoms with van der Waals surface area (Å²) in [6, 6.07) is 1.92. The zero-order chi connectivity index (χ0) is 9.84. The van der Waals surface area contributed by atoms with Crippen molar-refractivity contribution in [2.75, 3.05) is 18.6 Å². The summed E-state index contributed by atoms with van der Waals surface area (Å²) in [6.07, 6.45) is 0. The highest BCUT2D eigenvalue weighted by Gasteiger charge is 2.24. The van der Waals surface area contributed by atoms with E-state index in [4.69, 9.17) is 5.26 Å². The van der Waals surface area contributed by atoms with Crippen LogP contribution in [0, 0.1) is 17.2 Å². The Kier molecular flexibility index (Phi) is 3.38. The van der Waals surface area contributed by atoms with Gasteiger partial charge in [-0.25, -0.2) is 4.79 Å². The first kappa shape index (κ1) is 10.1. The molecule has 0 bridgehead atoms. The summed E-state index contributed by atoms with van der Waals surface area (Å²) in [7, 11) is 1.30. The standard InChI is InChI=1S/C9H11NO2S/c1-6-4-13-5-8(6)7(3-10)9(11)12-2/h6H,4-5H2,1-2H3/b8-7-. The Morgan fingerprint density at radius 1 is 1.77 bits per heavy atom. The highest BCUT2D eigenvalue weighted by molar-refractivity contribution is 7.99. The van der Waals surface area contributed by atoms with Gasteiger partial charge >= 0.3 is 5.97 Å². The summed E-state index contributed by atoms with van der Waals surface area (Å²) >= 11 is 1.75. The van der Waals surface area contributed by atoms with Crippen molar-refractivity contribution in [2.24, 2.45) is 5.92 Å². The molecule has 0 aromatic heterocycles. The van der Waals surface area contributed by atoms with Crippen LogP contribution in [0.1, 0.15) is 6.92 Å². The largest absolute Gasteiger partial charge is 0.465 e. The quantitative estimate of drug-likeness (QED) is 0.362. The molecule has 0 N–H and O–H groups in total. The number of nitrogens with zero attached hydrogens (tertiary/aromatic N) is 1. The van der Waals surface area contributed by atoms with Gasteiger partial charge in [-0.1, -0.05) is 6.92 Å². The van der Waals surface area contributed by atoms with E-state index < -0.39 is 5.97 Å². The molecule has 3 nitrogen and oxygen atoms in total. The zero-order valence-corrected chi connectivity index (χ0v) is 8.48. The van der Waals surface area contributed by atoms with Crippen LogP contribution in [-0.4, -0.2) is 24.6 Å². The molecule has 0 amide bonds. The van der Waals surface area contributed by atoms with E-state index in [2.05, 4.69) is 4.74 Å². The molecule has 0 spiro atoms. The van der Waals surface area contributed by atoms with Gasteiger partial charge in [0, 0.05) is 5.75 Å². The smallest absolute Gasteiger partial charge is 0.348 e. The molecule has 0 aromatic carbocycles. The highest BCUT2D eigenvalue weighted by atomic mass is 32.2. The fraction of sp³-hybridized carbons (Fsp3) is 0.556. The molecule has 0 saturated carbocycles. The second kappa shape index (κ2) is 4.33. The van der Waals surface area contributed by atoms with E-state index in [9.17, 15) is 4.79 Å². The monoisotopic (exact) mass is 197 g/mol. The van der Waals surface area contributed by atoms with Crippen molar-refractivity contribution in [3.8, 4) is 6.07 Å². The van der Waals surface area contributed by atoms with Crippen LogP contribution in [0.3, 0.4) is 0 Å². The lowest BCUT2D eigenvalue weighted by Gasteiger charge is -2.05. The van der Waals surface area contributed by atoms with Crippen LogP contribution in [0.5, 0.6) is 0 Å². The normalized spacial score (nSPS) is 25.2. The van der Waals surface area contributed by atoms with Crippen molar-refractivity contribution in [1.82, 2.24) is 0 Å². The molecule has 0 radical (unpaired) electrons. The highest BCUT2D eigenvalue weighted by Crippen LogP contribution is 2.31. The average Bonchev–Trinajstić information content (AvgIpc) is 2.53. The van der Waals surface area contributed by atoms with Gasteiger partial charge in [-0.05, 0) is 17.2 Å². The number of hydrogen-bond donors (Lipinski definition) is 0. The summed E-state index contributed by atoms with van der Waals surface area (Å²) in [5.74, 6) is 1.57. The molecule has 1 fully saturated rings. The second-order valence-corrected chi connectivity index (χ2v) is 3.95. The first-order chi connectivity index (χ1) is 6.20. The number of thioether (sulfide) groups is 1. The third-order valence-electron chi connectivity index (χ3n) is 2.04. The number of methoxy groups -OCH3 is 1. The first-order valence-corrected chi connectivity index (χ1v) is 5.15. The molecular weight excluding hydrogens is 186 g/mol. The van der Waals surface area contributed by atoms with Gasteiger partial charge in [0.05, 0.1) is 7.11 Å². The predicted octanol–water partition coefficient (Wildman–Crippen LogP) is 1.36. The zero-order valence-electron chi connectivity index (χ0n) is 7.66. The summed E-state index contributed by atoms with van der Waals surface area (Å²) in [5, 5.41) is 8.79. The van der Waals surface area contributed by atoms with Gasteiger partial charge < -0.3 is 4.74 Å². The lowest BCUT2D eigenvalue weighted by atomic mass is 10.00. The average molecular weight is 197 g/mol. The molecular formula is C9H11NO2S. The Morgan fingerprint density at radius 3 is 2.85 bits per heavy atom. The van der Waals surface area contributed by atoms with Crippen molar-refractivity contribution >= 4 is 17.7 Å². The molecule has 4 heteroatoms. The number of nitriles is 1. The Hall–Kier alpha value is -0.950. The van der Waals surface area contributed by atoms with Crippen LogP contribution >= 0.6 is 11.8 Å². The molecule has 70 valence electrons. The summed E-state index contributed by atoms with van der Waals surface area (Å²) in [5.41, 5.74) is 1.12. The van der Waals surface area contributed by atoms with E-state index in [1.54, 1.807) is 11.8 Å². The van der Waals surface area contributed by atoms with E-state index in [0.717, 1.165) is 17.1 Å². The van der Waals surface area contributed by atoms with Gasteiger partial charge in [0.25, 0.3) is 0 Å². The summed E-state index contributed by atoms with van der Waals surface area (Å²) in [6.45, 7) is 2.02. The predicted molar refractivity (Wildman–Crippen MR) is 51.1 cm³/mol. The molecule has 1 aliphatic heterocycles. The van der Waals surface area contributed by atoms with Crippen LogP contribution < -0.4 is 0 Å². The number of carbonyl (C=O) groups is 1. The van der Waals surface area contributed by atoms with Crippen LogP contribution in [0.15, 0.2) is 11.1 Å². The molecule has 1 heterocycles. The third kappa shape index (κ3) is 2.04. The number of ether oxygens (including phenoxy) is 1. The van der Waals surface area contributed by atoms with Crippen LogP contribution in [0.4, 0.5) is 0 Å². The maximum absolute atomic E-state index is 11.2. The van der Waals surface area contributed by atoms with Crippen LogP contribution in [0.2, 0.25) is 0 Å². The molecule has 13 heavy (non-hydrogen) atoms. The summed E-state index contributed by atoms with van der Waals surface area (Å²) < 4.78 is 4.54. The van der Waals surface area contributed by atoms with Crippen LogP contribution in [-0.2, 0) is 9.53 Å². The topological polar surface area (TPSA) is 50.1 Å². The number of rotatable bonds is 1. The van der Waals surface area contributed by atoms with Gasteiger partial charge in [-0.3, -0.25) is 0 Å². The SMILES string of the molecule is COC(=O)/C(C#N)=C1/CSCC1C. The number of hydrogen-bond acceptors (Lipinski definition) is 4. The molecule has 1 aliphatic rings. The Labute approximate surface area is 81.8 Å². The van der Waals surface area contributed by atoms with E-state index in [1.807, 2.05) is 13.0 Å². The van der Waals surface area contributed by atoms with E-state index in [-0.39, 0.29) is 5.57 Å². The minimum Gasteiger partial charge on any atom is -0.465 e. The maximum Gasteiger partial charge on any atom is 0.348 e. The lowest BCUT2D eigenvalue weighted by molar-refractivity contribution is -0.135. The maximum atomic E-state index is 11.2. The van der Waals surface area contributed by atoms with Crippen molar-refractivity contribution in [3.63, 3.8) is 0 Å². The van der Waals surface area contributed by atoms with Gasteiger partial charge in [0.15, 0.2) is 0 Å². The molecule has 1 atom stereocenters. The molecule has 1 rings (SSSR count). The van der Waals surface area contributed by atoms with E-state index in [0.29, 0.717) is 5.92 Å². The fourth-order valence-corrected chi connectivity index (χ4v) is 2.58. The van der Waals surface area contributed by atoms with E-state index in [1.165, 1.54) is 7.11 Å². The first-order valence-electron chi connectivity index (χ1n) is 4.00. The summed E-state index contributed by atoms with van der Waals surface area (Å²) in [4.78, 5) is 11.2. The fourth-order valence-electron chi connectivity index (χ4n) is 1.26. The van der Waals surface area contributed by atoms with Gasteiger partial charge in [0.2, 0.25) is 0 Å². The van der Waals surface area contributed by atoms with Crippen molar-refractivity contribution < 1.29 is 9.53 Å². The van der Waals surface area contributed by atoms with Gasteiger partial charge in [0.1, 0.15) is 11.6 Å². The molecule has 0 aromatic rings.